The van der Waals surface area contributed by atoms with Gasteiger partial charge in [-0.2, -0.15) is 0 Å². The summed E-state index contributed by atoms with van der Waals surface area (Å²) < 4.78 is 17.0. The normalized spacial score (nSPS) is 26.6. The minimum absolute atomic E-state index is 0.00764. The summed E-state index contributed by atoms with van der Waals surface area (Å²) >= 11 is 0. The van der Waals surface area contributed by atoms with Crippen LogP contribution in [0, 0.1) is 5.92 Å². The summed E-state index contributed by atoms with van der Waals surface area (Å²) in [6, 6.07) is 1.63. The van der Waals surface area contributed by atoms with Crippen LogP contribution in [0.1, 0.15) is 76.0 Å². The Kier molecular flexibility index (Phi) is 6.07. The van der Waals surface area contributed by atoms with Gasteiger partial charge in [0.25, 0.3) is 0 Å². The topological polar surface area (TPSA) is 68.9 Å². The third-order valence-corrected chi connectivity index (χ3v) is 5.66. The van der Waals surface area contributed by atoms with Gasteiger partial charge in [0.05, 0.1) is 6.26 Å². The van der Waals surface area contributed by atoms with Gasteiger partial charge in [-0.15, -0.1) is 0 Å². The summed E-state index contributed by atoms with van der Waals surface area (Å²) in [5, 5.41) is 10.7. The molecular formula is C21H30O5. The van der Waals surface area contributed by atoms with Crippen molar-refractivity contribution in [1.29, 1.82) is 0 Å². The molecule has 3 rings (SSSR count). The second kappa shape index (κ2) is 8.30. The molecule has 1 fully saturated rings. The smallest absolute Gasteiger partial charge is 0.347 e. The highest BCUT2D eigenvalue weighted by molar-refractivity contribution is 5.37. The Hall–Kier alpha value is -1.75. The summed E-state index contributed by atoms with van der Waals surface area (Å²) in [7, 11) is 0. The van der Waals surface area contributed by atoms with E-state index in [2.05, 4.69) is 6.92 Å². The van der Waals surface area contributed by atoms with Crippen molar-refractivity contribution in [3.05, 3.63) is 40.1 Å². The van der Waals surface area contributed by atoms with Crippen LogP contribution in [-0.2, 0) is 15.1 Å². The molecule has 2 aliphatic heterocycles. The third kappa shape index (κ3) is 3.83. The van der Waals surface area contributed by atoms with Gasteiger partial charge < -0.3 is 19.0 Å². The zero-order valence-corrected chi connectivity index (χ0v) is 15.8. The number of hydrogen-bond donors (Lipinski definition) is 1. The van der Waals surface area contributed by atoms with Crippen LogP contribution in [0.2, 0.25) is 0 Å². The molecular weight excluding hydrogens is 332 g/mol. The van der Waals surface area contributed by atoms with Crippen LogP contribution < -0.4 is 5.63 Å². The Labute approximate surface area is 155 Å². The largest absolute Gasteiger partial charge is 0.507 e. The molecule has 3 unspecified atom stereocenters. The molecule has 1 N–H and O–H groups in total. The van der Waals surface area contributed by atoms with Crippen LogP contribution in [0.25, 0.3) is 0 Å². The standard InChI is InChI=1S/C21H30O5/c1-3-8-21(9-6-11-25-21)19-17(22)13-18(26-20(19)23)16(4-2)12-15-7-5-10-24-14-15/h6,11,13,15-16,22H,3-5,7-10,12,14H2,1-2H3. The first-order valence-corrected chi connectivity index (χ1v) is 9.87. The summed E-state index contributed by atoms with van der Waals surface area (Å²) in [4.78, 5) is 12.8. The van der Waals surface area contributed by atoms with Crippen molar-refractivity contribution in [3.8, 4) is 5.75 Å². The molecule has 0 saturated carbocycles. The average molecular weight is 362 g/mol. The first-order valence-electron chi connectivity index (χ1n) is 9.87. The highest BCUT2D eigenvalue weighted by Crippen LogP contribution is 2.42. The van der Waals surface area contributed by atoms with Crippen LogP contribution in [0.15, 0.2) is 27.6 Å². The lowest BCUT2D eigenvalue weighted by molar-refractivity contribution is 0.0254. The lowest BCUT2D eigenvalue weighted by Crippen LogP contribution is -2.31. The van der Waals surface area contributed by atoms with Crippen molar-refractivity contribution in [2.45, 2.75) is 70.3 Å². The summed E-state index contributed by atoms with van der Waals surface area (Å²) in [5.74, 6) is 1.15. The molecule has 26 heavy (non-hydrogen) atoms. The Morgan fingerprint density at radius 2 is 2.23 bits per heavy atom. The molecule has 144 valence electrons. The number of hydrogen-bond acceptors (Lipinski definition) is 5. The van der Waals surface area contributed by atoms with Crippen LogP contribution in [0.4, 0.5) is 0 Å². The molecule has 3 atom stereocenters. The fourth-order valence-corrected chi connectivity index (χ4v) is 4.32. The zero-order valence-electron chi connectivity index (χ0n) is 15.8. The summed E-state index contributed by atoms with van der Waals surface area (Å²) in [6.07, 6.45) is 9.58. The highest BCUT2D eigenvalue weighted by atomic mass is 16.5. The maximum atomic E-state index is 12.8. The lowest BCUT2D eigenvalue weighted by Gasteiger charge is -2.29. The second-order valence-electron chi connectivity index (χ2n) is 7.56. The van der Waals surface area contributed by atoms with Gasteiger partial charge in [-0.05, 0) is 44.1 Å². The predicted molar refractivity (Wildman–Crippen MR) is 99.3 cm³/mol. The quantitative estimate of drug-likeness (QED) is 0.768. The first kappa shape index (κ1) is 19.0. The Morgan fingerprint density at radius 3 is 2.81 bits per heavy atom. The van der Waals surface area contributed by atoms with E-state index >= 15 is 0 Å². The Balaban J connectivity index is 1.87. The molecule has 2 aliphatic rings. The third-order valence-electron chi connectivity index (χ3n) is 5.66. The van der Waals surface area contributed by atoms with Crippen molar-refractivity contribution >= 4 is 0 Å². The molecule has 0 bridgehead atoms. The van der Waals surface area contributed by atoms with Crippen molar-refractivity contribution < 1.29 is 19.0 Å². The van der Waals surface area contributed by atoms with Gasteiger partial charge in [0, 0.05) is 31.6 Å². The monoisotopic (exact) mass is 362 g/mol. The average Bonchev–Trinajstić information content (AvgIpc) is 3.09. The van der Waals surface area contributed by atoms with E-state index < -0.39 is 11.2 Å². The molecule has 0 aromatic carbocycles. The molecule has 0 spiro atoms. The second-order valence-corrected chi connectivity index (χ2v) is 7.56. The van der Waals surface area contributed by atoms with Crippen LogP contribution in [-0.4, -0.2) is 18.3 Å². The fourth-order valence-electron chi connectivity index (χ4n) is 4.32. The van der Waals surface area contributed by atoms with Crippen LogP contribution in [0.3, 0.4) is 0 Å². The molecule has 0 aliphatic carbocycles. The van der Waals surface area contributed by atoms with E-state index in [0.717, 1.165) is 45.3 Å². The molecule has 0 amide bonds. The highest BCUT2D eigenvalue weighted by Gasteiger charge is 2.40. The Bertz CT molecular complexity index is 676. The first-order chi connectivity index (χ1) is 12.6. The predicted octanol–water partition coefficient (Wildman–Crippen LogP) is 4.59. The van der Waals surface area contributed by atoms with Crippen molar-refractivity contribution in [2.24, 2.45) is 5.92 Å². The maximum Gasteiger partial charge on any atom is 0.347 e. The molecule has 5 nitrogen and oxygen atoms in total. The van der Waals surface area contributed by atoms with E-state index in [1.165, 1.54) is 0 Å². The molecule has 1 saturated heterocycles. The van der Waals surface area contributed by atoms with E-state index in [0.29, 0.717) is 24.5 Å². The number of ether oxygens (including phenoxy) is 2. The van der Waals surface area contributed by atoms with Gasteiger partial charge in [-0.1, -0.05) is 20.3 Å². The van der Waals surface area contributed by atoms with Crippen molar-refractivity contribution in [3.63, 3.8) is 0 Å². The van der Waals surface area contributed by atoms with Gasteiger partial charge in [-0.3, -0.25) is 0 Å². The molecule has 5 heteroatoms. The Morgan fingerprint density at radius 1 is 1.38 bits per heavy atom. The van der Waals surface area contributed by atoms with Gasteiger partial charge >= 0.3 is 5.63 Å². The molecule has 0 radical (unpaired) electrons. The van der Waals surface area contributed by atoms with Gasteiger partial charge in [0.15, 0.2) is 0 Å². The summed E-state index contributed by atoms with van der Waals surface area (Å²) in [5.41, 5.74) is -1.02. The minimum atomic E-state index is -0.795. The fraction of sp³-hybridized carbons (Fsp3) is 0.667. The van der Waals surface area contributed by atoms with Crippen LogP contribution >= 0.6 is 0 Å². The van der Waals surface area contributed by atoms with Crippen molar-refractivity contribution in [1.82, 2.24) is 0 Å². The zero-order chi connectivity index (χ0) is 18.6. The van der Waals surface area contributed by atoms with E-state index in [1.807, 2.05) is 13.0 Å². The number of aromatic hydroxyl groups is 1. The minimum Gasteiger partial charge on any atom is -0.507 e. The molecule has 1 aromatic heterocycles. The van der Waals surface area contributed by atoms with Crippen LogP contribution in [0.5, 0.6) is 5.75 Å². The maximum absolute atomic E-state index is 12.8. The molecule has 3 heterocycles. The van der Waals surface area contributed by atoms with E-state index in [9.17, 15) is 9.90 Å². The van der Waals surface area contributed by atoms with E-state index in [1.54, 1.807) is 12.3 Å². The lowest BCUT2D eigenvalue weighted by atomic mass is 9.85. The van der Waals surface area contributed by atoms with E-state index in [4.69, 9.17) is 13.9 Å². The summed E-state index contributed by atoms with van der Waals surface area (Å²) in [6.45, 7) is 5.73. The van der Waals surface area contributed by atoms with Gasteiger partial charge in [-0.25, -0.2) is 4.79 Å². The molecule has 1 aromatic rings. The number of rotatable bonds is 7. The van der Waals surface area contributed by atoms with Gasteiger partial charge in [0.1, 0.15) is 22.7 Å². The SMILES string of the molecule is CCCC1(c2c(O)cc(C(CC)CC3CCCOC3)oc2=O)CC=CO1. The van der Waals surface area contributed by atoms with Crippen molar-refractivity contribution in [2.75, 3.05) is 13.2 Å². The van der Waals surface area contributed by atoms with E-state index in [-0.39, 0.29) is 17.2 Å². The van der Waals surface area contributed by atoms with Gasteiger partial charge in [0.2, 0.25) is 0 Å².